The number of nitrogens with zero attached hydrogens (tertiary/aromatic N) is 1. The Labute approximate surface area is 127 Å². The Hall–Kier alpha value is -2.39. The predicted molar refractivity (Wildman–Crippen MR) is 86.5 cm³/mol. The smallest absolute Gasteiger partial charge is 0.159 e. The Balaban J connectivity index is 1.97. The molecule has 21 heavy (non-hydrogen) atoms. The lowest BCUT2D eigenvalue weighted by molar-refractivity contribution is 0.101. The molecule has 0 saturated carbocycles. The monoisotopic (exact) mass is 296 g/mol. The quantitative estimate of drug-likeness (QED) is 0.704. The third-order valence-corrected chi connectivity index (χ3v) is 3.51. The van der Waals surface area contributed by atoms with Crippen LogP contribution in [0.4, 0.5) is 11.4 Å². The molecule has 3 nitrogen and oxygen atoms in total. The summed E-state index contributed by atoms with van der Waals surface area (Å²) in [5.41, 5.74) is 3.42. The Morgan fingerprint density at radius 2 is 1.86 bits per heavy atom. The number of nitrogens with one attached hydrogen (secondary N) is 1. The number of benzene rings is 2. The summed E-state index contributed by atoms with van der Waals surface area (Å²) in [5, 5.41) is 4.96. The van der Waals surface area contributed by atoms with Crippen molar-refractivity contribution in [3.8, 4) is 0 Å². The normalized spacial score (nSPS) is 10.6. The van der Waals surface area contributed by atoms with E-state index in [2.05, 4.69) is 10.3 Å². The summed E-state index contributed by atoms with van der Waals surface area (Å²) in [5.74, 6) is 0.0580. The van der Waals surface area contributed by atoms with Gasteiger partial charge in [-0.2, -0.15) is 0 Å². The van der Waals surface area contributed by atoms with E-state index in [4.69, 9.17) is 11.6 Å². The molecule has 3 rings (SSSR count). The molecule has 0 amide bonds. The van der Waals surface area contributed by atoms with Crippen LogP contribution in [-0.4, -0.2) is 10.8 Å². The van der Waals surface area contributed by atoms with E-state index in [1.165, 1.54) is 0 Å². The fourth-order valence-electron chi connectivity index (χ4n) is 2.17. The molecule has 1 heterocycles. The largest absolute Gasteiger partial charge is 0.355 e. The Bertz CT molecular complexity index is 813. The highest BCUT2D eigenvalue weighted by Gasteiger charge is 2.04. The van der Waals surface area contributed by atoms with Gasteiger partial charge in [-0.1, -0.05) is 11.6 Å². The van der Waals surface area contributed by atoms with Gasteiger partial charge in [0.15, 0.2) is 5.78 Å². The maximum absolute atomic E-state index is 11.3. The van der Waals surface area contributed by atoms with E-state index in [1.54, 1.807) is 25.3 Å². The molecular weight excluding hydrogens is 284 g/mol. The molecule has 0 saturated heterocycles. The van der Waals surface area contributed by atoms with Crippen LogP contribution in [0.25, 0.3) is 10.9 Å². The maximum Gasteiger partial charge on any atom is 0.159 e. The van der Waals surface area contributed by atoms with Gasteiger partial charge in [-0.25, -0.2) is 0 Å². The summed E-state index contributed by atoms with van der Waals surface area (Å²) >= 11 is 6.06. The number of rotatable bonds is 3. The van der Waals surface area contributed by atoms with Gasteiger partial charge in [0, 0.05) is 33.5 Å². The molecule has 0 unspecified atom stereocenters. The minimum Gasteiger partial charge on any atom is -0.355 e. The number of hydrogen-bond acceptors (Lipinski definition) is 3. The van der Waals surface area contributed by atoms with Gasteiger partial charge in [0.2, 0.25) is 0 Å². The summed E-state index contributed by atoms with van der Waals surface area (Å²) in [4.78, 5) is 15.6. The molecular formula is C17H13ClN2O. The summed E-state index contributed by atoms with van der Waals surface area (Å²) < 4.78 is 0. The summed E-state index contributed by atoms with van der Waals surface area (Å²) in [7, 11) is 0. The number of ketones is 1. The molecule has 2 aromatic carbocycles. The van der Waals surface area contributed by atoms with Crippen molar-refractivity contribution in [2.45, 2.75) is 6.92 Å². The zero-order chi connectivity index (χ0) is 14.8. The highest BCUT2D eigenvalue weighted by molar-refractivity contribution is 6.31. The number of carbonyl (C=O) groups excluding carboxylic acids is 1. The average Bonchev–Trinajstić information content (AvgIpc) is 2.48. The number of aromatic nitrogens is 1. The number of fused-ring (bicyclic) bond motifs is 1. The molecule has 0 fully saturated rings. The van der Waals surface area contributed by atoms with Crippen molar-refractivity contribution in [3.05, 3.63) is 65.3 Å². The molecule has 3 aromatic rings. The molecule has 0 atom stereocenters. The van der Waals surface area contributed by atoms with Crippen LogP contribution in [-0.2, 0) is 0 Å². The van der Waals surface area contributed by atoms with Gasteiger partial charge in [-0.05, 0) is 55.5 Å². The number of carbonyl (C=O) groups is 1. The summed E-state index contributed by atoms with van der Waals surface area (Å²) in [6.45, 7) is 1.56. The summed E-state index contributed by atoms with van der Waals surface area (Å²) in [6.07, 6.45) is 1.75. The molecule has 1 aromatic heterocycles. The Kier molecular flexibility index (Phi) is 3.59. The second kappa shape index (κ2) is 5.54. The van der Waals surface area contributed by atoms with Crippen molar-refractivity contribution < 1.29 is 4.79 Å². The zero-order valence-corrected chi connectivity index (χ0v) is 12.2. The van der Waals surface area contributed by atoms with Gasteiger partial charge in [0.05, 0.1) is 5.52 Å². The molecule has 104 valence electrons. The minimum atomic E-state index is 0.0580. The molecule has 0 spiro atoms. The van der Waals surface area contributed by atoms with Gasteiger partial charge >= 0.3 is 0 Å². The standard InChI is InChI=1S/C17H13ClN2O/c1-11(21)12-2-5-14(6-3-12)20-17-8-9-19-16-7-4-13(18)10-15(16)17/h2-10H,1H3,(H,19,20). The topological polar surface area (TPSA) is 42.0 Å². The van der Waals surface area contributed by atoms with Crippen molar-refractivity contribution in [2.24, 2.45) is 0 Å². The lowest BCUT2D eigenvalue weighted by atomic mass is 10.1. The third kappa shape index (κ3) is 2.88. The number of halogens is 1. The zero-order valence-electron chi connectivity index (χ0n) is 11.4. The second-order valence-corrected chi connectivity index (χ2v) is 5.21. The van der Waals surface area contributed by atoms with Crippen molar-refractivity contribution >= 4 is 39.7 Å². The molecule has 0 bridgehead atoms. The maximum atomic E-state index is 11.3. The Morgan fingerprint density at radius 3 is 2.57 bits per heavy atom. The fourth-order valence-corrected chi connectivity index (χ4v) is 2.34. The van der Waals surface area contributed by atoms with E-state index in [0.717, 1.165) is 22.3 Å². The van der Waals surface area contributed by atoms with Crippen molar-refractivity contribution in [1.82, 2.24) is 4.98 Å². The van der Waals surface area contributed by atoms with E-state index in [-0.39, 0.29) is 5.78 Å². The third-order valence-electron chi connectivity index (χ3n) is 3.27. The molecule has 0 aliphatic carbocycles. The highest BCUT2D eigenvalue weighted by Crippen LogP contribution is 2.27. The highest BCUT2D eigenvalue weighted by atomic mass is 35.5. The Morgan fingerprint density at radius 1 is 1.10 bits per heavy atom. The van der Waals surface area contributed by atoms with Gasteiger partial charge in [0.25, 0.3) is 0 Å². The van der Waals surface area contributed by atoms with Crippen LogP contribution in [0.3, 0.4) is 0 Å². The molecule has 0 radical (unpaired) electrons. The molecule has 0 aliphatic rings. The first-order valence-electron chi connectivity index (χ1n) is 6.56. The van der Waals surface area contributed by atoms with Gasteiger partial charge in [-0.3, -0.25) is 9.78 Å². The van der Waals surface area contributed by atoms with E-state index in [0.29, 0.717) is 10.6 Å². The van der Waals surface area contributed by atoms with E-state index in [1.807, 2.05) is 36.4 Å². The van der Waals surface area contributed by atoms with Crippen LogP contribution in [0.1, 0.15) is 17.3 Å². The van der Waals surface area contributed by atoms with Gasteiger partial charge < -0.3 is 5.32 Å². The van der Waals surface area contributed by atoms with Crippen LogP contribution in [0.15, 0.2) is 54.7 Å². The van der Waals surface area contributed by atoms with Gasteiger partial charge in [-0.15, -0.1) is 0 Å². The van der Waals surface area contributed by atoms with Crippen LogP contribution >= 0.6 is 11.6 Å². The number of hydrogen-bond donors (Lipinski definition) is 1. The van der Waals surface area contributed by atoms with Crippen molar-refractivity contribution in [3.63, 3.8) is 0 Å². The molecule has 4 heteroatoms. The minimum absolute atomic E-state index is 0.0580. The van der Waals surface area contributed by atoms with E-state index >= 15 is 0 Å². The van der Waals surface area contributed by atoms with Crippen molar-refractivity contribution in [2.75, 3.05) is 5.32 Å². The first kappa shape index (κ1) is 13.6. The van der Waals surface area contributed by atoms with Crippen LogP contribution in [0.5, 0.6) is 0 Å². The average molecular weight is 297 g/mol. The van der Waals surface area contributed by atoms with Crippen LogP contribution in [0.2, 0.25) is 5.02 Å². The lowest BCUT2D eigenvalue weighted by Crippen LogP contribution is -1.95. The number of Topliss-reactive ketones (excluding diaryl/α,β-unsaturated/α-hetero) is 1. The SMILES string of the molecule is CC(=O)c1ccc(Nc2ccnc3ccc(Cl)cc23)cc1. The predicted octanol–water partition coefficient (Wildman–Crippen LogP) is 4.83. The van der Waals surface area contributed by atoms with Crippen LogP contribution < -0.4 is 5.32 Å². The van der Waals surface area contributed by atoms with E-state index in [9.17, 15) is 4.79 Å². The number of pyridine rings is 1. The lowest BCUT2D eigenvalue weighted by Gasteiger charge is -2.10. The van der Waals surface area contributed by atoms with E-state index < -0.39 is 0 Å². The molecule has 1 N–H and O–H groups in total. The fraction of sp³-hybridized carbons (Fsp3) is 0.0588. The number of anilines is 2. The van der Waals surface area contributed by atoms with Gasteiger partial charge in [0.1, 0.15) is 0 Å². The first-order valence-corrected chi connectivity index (χ1v) is 6.93. The van der Waals surface area contributed by atoms with Crippen LogP contribution in [0, 0.1) is 0 Å². The first-order chi connectivity index (χ1) is 10.1. The second-order valence-electron chi connectivity index (χ2n) is 4.78. The van der Waals surface area contributed by atoms with Crippen molar-refractivity contribution in [1.29, 1.82) is 0 Å². The molecule has 0 aliphatic heterocycles. The summed E-state index contributed by atoms with van der Waals surface area (Å²) in [6, 6.07) is 14.9.